The highest BCUT2D eigenvalue weighted by Gasteiger charge is 2.21. The van der Waals surface area contributed by atoms with Gasteiger partial charge in [-0.2, -0.15) is 0 Å². The molecule has 0 bridgehead atoms. The number of carbonyl (C=O) groups excluding carboxylic acids is 1. The minimum absolute atomic E-state index is 0.237. The maximum absolute atomic E-state index is 12.0. The minimum atomic E-state index is -0.419. The van der Waals surface area contributed by atoms with Crippen molar-refractivity contribution >= 4 is 21.9 Å². The topological polar surface area (TPSA) is 41.6 Å². The smallest absolute Gasteiger partial charge is 0.327 e. The minimum Gasteiger partial charge on any atom is -0.465 e. The molecule has 5 heteroatoms. The average molecular weight is 329 g/mol. The van der Waals surface area contributed by atoms with E-state index in [2.05, 4.69) is 26.1 Å². The van der Waals surface area contributed by atoms with E-state index in [0.29, 0.717) is 6.61 Å². The van der Waals surface area contributed by atoms with Crippen molar-refractivity contribution in [2.75, 3.05) is 33.8 Å². The highest BCUT2D eigenvalue weighted by Crippen LogP contribution is 2.19. The molecule has 1 N–H and O–H groups in total. The van der Waals surface area contributed by atoms with Crippen LogP contribution in [0.25, 0.3) is 0 Å². The van der Waals surface area contributed by atoms with Crippen LogP contribution in [0, 0.1) is 0 Å². The number of halogens is 1. The molecule has 0 saturated carbocycles. The van der Waals surface area contributed by atoms with Gasteiger partial charge in [-0.15, -0.1) is 0 Å². The first-order chi connectivity index (χ1) is 9.04. The van der Waals surface area contributed by atoms with Crippen LogP contribution in [0.3, 0.4) is 0 Å². The lowest BCUT2D eigenvalue weighted by molar-refractivity contribution is -0.145. The number of nitrogens with one attached hydrogen (secondary N) is 1. The molecule has 19 heavy (non-hydrogen) atoms. The third-order valence-electron chi connectivity index (χ3n) is 2.61. The van der Waals surface area contributed by atoms with Crippen molar-refractivity contribution in [1.29, 1.82) is 0 Å². The number of likely N-dealkylation sites (N-methyl/N-ethyl adjacent to an activating group) is 1. The predicted octanol–water partition coefficient (Wildman–Crippen LogP) is 2.20. The molecule has 4 nitrogen and oxygen atoms in total. The summed E-state index contributed by atoms with van der Waals surface area (Å²) in [5.41, 5.74) is 0.909. The number of hydrogen-bond donors (Lipinski definition) is 1. The van der Waals surface area contributed by atoms with Crippen molar-refractivity contribution < 1.29 is 9.53 Å². The van der Waals surface area contributed by atoms with Gasteiger partial charge in [0.05, 0.1) is 6.61 Å². The molecule has 1 unspecified atom stereocenters. The van der Waals surface area contributed by atoms with Gasteiger partial charge in [0.25, 0.3) is 0 Å². The van der Waals surface area contributed by atoms with Gasteiger partial charge in [0.1, 0.15) is 6.04 Å². The average Bonchev–Trinajstić information content (AvgIpc) is 2.34. The van der Waals surface area contributed by atoms with Crippen LogP contribution in [0.4, 0.5) is 0 Å². The first kappa shape index (κ1) is 16.1. The summed E-state index contributed by atoms with van der Waals surface area (Å²) in [6.45, 7) is 3.79. The Bertz CT molecular complexity index is 410. The van der Waals surface area contributed by atoms with E-state index in [-0.39, 0.29) is 5.97 Å². The number of carbonyl (C=O) groups is 1. The fourth-order valence-corrected chi connectivity index (χ4v) is 2.10. The zero-order chi connectivity index (χ0) is 14.3. The van der Waals surface area contributed by atoms with Crippen molar-refractivity contribution in [3.8, 4) is 0 Å². The Labute approximate surface area is 123 Å². The third-order valence-corrected chi connectivity index (χ3v) is 3.11. The van der Waals surface area contributed by atoms with Gasteiger partial charge in [-0.05, 0) is 38.7 Å². The Morgan fingerprint density at radius 1 is 1.47 bits per heavy atom. The van der Waals surface area contributed by atoms with E-state index in [1.807, 2.05) is 45.3 Å². The third kappa shape index (κ3) is 5.72. The van der Waals surface area contributed by atoms with Crippen molar-refractivity contribution in [3.63, 3.8) is 0 Å². The van der Waals surface area contributed by atoms with Gasteiger partial charge in [-0.25, -0.2) is 4.79 Å². The van der Waals surface area contributed by atoms with Crippen LogP contribution in [-0.2, 0) is 9.53 Å². The molecule has 0 saturated heterocycles. The molecule has 0 aliphatic heterocycles. The van der Waals surface area contributed by atoms with Crippen LogP contribution in [0.5, 0.6) is 0 Å². The summed E-state index contributed by atoms with van der Waals surface area (Å²) in [4.78, 5) is 14.1. The van der Waals surface area contributed by atoms with Crippen LogP contribution < -0.4 is 5.32 Å². The van der Waals surface area contributed by atoms with Gasteiger partial charge in [-0.1, -0.05) is 28.1 Å². The highest BCUT2D eigenvalue weighted by molar-refractivity contribution is 9.10. The molecular formula is C14H21BrN2O2. The van der Waals surface area contributed by atoms with Gasteiger partial charge in [0, 0.05) is 17.6 Å². The summed E-state index contributed by atoms with van der Waals surface area (Å²) >= 11 is 3.42. The molecule has 0 aliphatic carbocycles. The molecule has 0 radical (unpaired) electrons. The van der Waals surface area contributed by atoms with E-state index in [1.54, 1.807) is 0 Å². The number of hydrogen-bond acceptors (Lipinski definition) is 4. The van der Waals surface area contributed by atoms with Crippen LogP contribution in [-0.4, -0.2) is 44.7 Å². The van der Waals surface area contributed by atoms with Gasteiger partial charge in [0.2, 0.25) is 0 Å². The lowest BCUT2D eigenvalue weighted by atomic mass is 10.1. The van der Waals surface area contributed by atoms with Crippen molar-refractivity contribution in [1.82, 2.24) is 10.2 Å². The molecule has 1 atom stereocenters. The molecule has 0 heterocycles. The fourth-order valence-electron chi connectivity index (χ4n) is 1.68. The van der Waals surface area contributed by atoms with E-state index >= 15 is 0 Å². The molecule has 106 valence electrons. The molecule has 0 fully saturated rings. The summed E-state index contributed by atoms with van der Waals surface area (Å²) in [7, 11) is 4.00. The fraction of sp³-hybridized carbons (Fsp3) is 0.500. The molecule has 0 aliphatic rings. The molecule has 1 rings (SSSR count). The van der Waals surface area contributed by atoms with E-state index < -0.39 is 6.04 Å². The van der Waals surface area contributed by atoms with Crippen molar-refractivity contribution in [2.45, 2.75) is 13.0 Å². The highest BCUT2D eigenvalue weighted by atomic mass is 79.9. The normalized spacial score (nSPS) is 12.5. The van der Waals surface area contributed by atoms with E-state index in [9.17, 15) is 4.79 Å². The Morgan fingerprint density at radius 3 is 2.79 bits per heavy atom. The molecule has 0 aromatic heterocycles. The van der Waals surface area contributed by atoms with Gasteiger partial charge in [0.15, 0.2) is 0 Å². The van der Waals surface area contributed by atoms with E-state index in [4.69, 9.17) is 4.74 Å². The van der Waals surface area contributed by atoms with Crippen molar-refractivity contribution in [2.24, 2.45) is 0 Å². The standard InChI is InChI=1S/C14H21BrN2O2/c1-4-19-14(18)13(16-8-9-17(2)3)11-6-5-7-12(15)10-11/h5-7,10,13,16H,4,8-9H2,1-3H3. The van der Waals surface area contributed by atoms with Crippen LogP contribution in [0.1, 0.15) is 18.5 Å². The Kier molecular flexibility index (Phi) is 7.05. The quantitative estimate of drug-likeness (QED) is 0.779. The molecule has 0 spiro atoms. The van der Waals surface area contributed by atoms with Crippen LogP contribution in [0.2, 0.25) is 0 Å². The maximum atomic E-state index is 12.0. The molecule has 1 aromatic rings. The summed E-state index contributed by atoms with van der Waals surface area (Å²) < 4.78 is 6.08. The zero-order valence-corrected chi connectivity index (χ0v) is 13.2. The summed E-state index contributed by atoms with van der Waals surface area (Å²) in [5, 5.41) is 3.24. The first-order valence-electron chi connectivity index (χ1n) is 6.34. The Morgan fingerprint density at radius 2 is 2.21 bits per heavy atom. The molecule has 1 aromatic carbocycles. The summed E-state index contributed by atoms with van der Waals surface area (Å²) in [5.74, 6) is -0.237. The van der Waals surface area contributed by atoms with Crippen LogP contribution >= 0.6 is 15.9 Å². The molecular weight excluding hydrogens is 308 g/mol. The predicted molar refractivity (Wildman–Crippen MR) is 80.1 cm³/mol. The zero-order valence-electron chi connectivity index (χ0n) is 11.6. The number of rotatable bonds is 7. The Hall–Kier alpha value is -0.910. The first-order valence-corrected chi connectivity index (χ1v) is 7.14. The maximum Gasteiger partial charge on any atom is 0.327 e. The number of nitrogens with zero attached hydrogens (tertiary/aromatic N) is 1. The lowest BCUT2D eigenvalue weighted by Gasteiger charge is -2.19. The second-order valence-corrected chi connectivity index (χ2v) is 5.41. The summed E-state index contributed by atoms with van der Waals surface area (Å²) in [6.07, 6.45) is 0. The van der Waals surface area contributed by atoms with Crippen LogP contribution in [0.15, 0.2) is 28.7 Å². The summed E-state index contributed by atoms with van der Waals surface area (Å²) in [6, 6.07) is 7.29. The van der Waals surface area contributed by atoms with E-state index in [1.165, 1.54) is 0 Å². The van der Waals surface area contributed by atoms with Gasteiger partial charge >= 0.3 is 5.97 Å². The second-order valence-electron chi connectivity index (χ2n) is 4.50. The number of benzene rings is 1. The second kappa shape index (κ2) is 8.30. The van der Waals surface area contributed by atoms with Gasteiger partial charge in [-0.3, -0.25) is 5.32 Å². The monoisotopic (exact) mass is 328 g/mol. The van der Waals surface area contributed by atoms with E-state index in [0.717, 1.165) is 23.1 Å². The Balaban J connectivity index is 2.77. The number of esters is 1. The lowest BCUT2D eigenvalue weighted by Crippen LogP contribution is -2.35. The van der Waals surface area contributed by atoms with Gasteiger partial charge < -0.3 is 9.64 Å². The number of ether oxygens (including phenoxy) is 1. The molecule has 0 amide bonds. The van der Waals surface area contributed by atoms with Crippen molar-refractivity contribution in [3.05, 3.63) is 34.3 Å². The SMILES string of the molecule is CCOC(=O)C(NCCN(C)C)c1cccc(Br)c1. The largest absolute Gasteiger partial charge is 0.465 e.